The Bertz CT molecular complexity index is 942. The van der Waals surface area contributed by atoms with Gasteiger partial charge in [0.2, 0.25) is 0 Å². The second-order valence-corrected chi connectivity index (χ2v) is 5.22. The third-order valence-corrected chi connectivity index (χ3v) is 3.13. The van der Waals surface area contributed by atoms with E-state index in [2.05, 4.69) is 25.8 Å². The van der Waals surface area contributed by atoms with Gasteiger partial charge in [-0.2, -0.15) is 0 Å². The quantitative estimate of drug-likeness (QED) is 0.753. The van der Waals surface area contributed by atoms with Crippen LogP contribution in [0, 0.1) is 25.5 Å². The predicted molar refractivity (Wildman–Crippen MR) is 85.6 cm³/mol. The van der Waals surface area contributed by atoms with Gasteiger partial charge >= 0.3 is 0 Å². The number of nitrogens with one attached hydrogen (secondary N) is 2. The van der Waals surface area contributed by atoms with Gasteiger partial charge in [0, 0.05) is 23.9 Å². The molecule has 1 amide bonds. The van der Waals surface area contributed by atoms with Crippen LogP contribution in [0.1, 0.15) is 22.1 Å². The lowest BCUT2D eigenvalue weighted by molar-refractivity contribution is 0.102. The third kappa shape index (κ3) is 3.94. The summed E-state index contributed by atoms with van der Waals surface area (Å²) in [5, 5.41) is 9.02. The van der Waals surface area contributed by atoms with E-state index in [1.165, 1.54) is 12.1 Å². The fraction of sp³-hybridized carbons (Fsp3) is 0.125. The molecule has 128 valence electrons. The molecule has 3 rings (SSSR count). The van der Waals surface area contributed by atoms with E-state index >= 15 is 0 Å². The maximum absolute atomic E-state index is 13.3. The number of aromatic nitrogens is 3. The Kier molecular flexibility index (Phi) is 4.38. The second kappa shape index (κ2) is 6.63. The number of halogens is 2. The van der Waals surface area contributed by atoms with Crippen LogP contribution in [0.5, 0.6) is 0 Å². The van der Waals surface area contributed by atoms with E-state index in [-0.39, 0.29) is 23.0 Å². The zero-order chi connectivity index (χ0) is 18.0. The van der Waals surface area contributed by atoms with Crippen molar-refractivity contribution in [2.24, 2.45) is 0 Å². The van der Waals surface area contributed by atoms with Gasteiger partial charge in [-0.15, -0.1) is 0 Å². The third-order valence-electron chi connectivity index (χ3n) is 3.13. The van der Waals surface area contributed by atoms with Gasteiger partial charge in [0.1, 0.15) is 23.1 Å². The van der Waals surface area contributed by atoms with Crippen molar-refractivity contribution in [3.8, 4) is 0 Å². The Labute approximate surface area is 141 Å². The normalized spacial score (nSPS) is 10.6. The van der Waals surface area contributed by atoms with Gasteiger partial charge in [0.05, 0.1) is 0 Å². The first-order chi connectivity index (χ1) is 11.9. The lowest BCUT2D eigenvalue weighted by atomic mass is 10.3. The van der Waals surface area contributed by atoms with Gasteiger partial charge in [0.25, 0.3) is 5.91 Å². The second-order valence-electron chi connectivity index (χ2n) is 5.22. The minimum atomic E-state index is -0.991. The van der Waals surface area contributed by atoms with Gasteiger partial charge < -0.3 is 15.2 Å². The minimum Gasteiger partial charge on any atom is -0.360 e. The molecular formula is C16H13F2N5O2. The molecule has 2 heterocycles. The molecule has 0 fully saturated rings. The van der Waals surface area contributed by atoms with Crippen LogP contribution >= 0.6 is 0 Å². The maximum atomic E-state index is 13.3. The summed E-state index contributed by atoms with van der Waals surface area (Å²) in [6.45, 7) is 3.30. The van der Waals surface area contributed by atoms with Crippen molar-refractivity contribution in [2.45, 2.75) is 13.8 Å². The summed E-state index contributed by atoms with van der Waals surface area (Å²) in [4.78, 5) is 20.4. The lowest BCUT2D eigenvalue weighted by Gasteiger charge is -2.08. The molecule has 0 saturated heterocycles. The van der Waals surface area contributed by atoms with Crippen LogP contribution in [0.3, 0.4) is 0 Å². The van der Waals surface area contributed by atoms with Gasteiger partial charge in [-0.05, 0) is 26.0 Å². The van der Waals surface area contributed by atoms with Gasteiger partial charge in [0.15, 0.2) is 17.5 Å². The number of amides is 1. The molecule has 0 radical (unpaired) electrons. The van der Waals surface area contributed by atoms with Crippen LogP contribution in [-0.2, 0) is 0 Å². The summed E-state index contributed by atoms with van der Waals surface area (Å²) in [5.41, 5.74) is 0.369. The SMILES string of the molecule is Cc1nc(Nc2ccc(F)c(F)c2)cc(C(=O)Nc2cc(C)on2)n1. The Morgan fingerprint density at radius 1 is 1.04 bits per heavy atom. The molecule has 2 N–H and O–H groups in total. The number of hydrogen-bond acceptors (Lipinski definition) is 6. The van der Waals surface area contributed by atoms with E-state index in [1.807, 2.05) is 0 Å². The first-order valence-electron chi connectivity index (χ1n) is 7.23. The van der Waals surface area contributed by atoms with E-state index in [0.717, 1.165) is 12.1 Å². The van der Waals surface area contributed by atoms with Crippen molar-refractivity contribution in [1.29, 1.82) is 0 Å². The first-order valence-corrected chi connectivity index (χ1v) is 7.23. The molecule has 7 nitrogen and oxygen atoms in total. The highest BCUT2D eigenvalue weighted by molar-refractivity contribution is 6.02. The number of carbonyl (C=O) groups is 1. The number of carbonyl (C=O) groups excluding carboxylic acids is 1. The summed E-state index contributed by atoms with van der Waals surface area (Å²) < 4.78 is 31.1. The molecule has 0 bridgehead atoms. The van der Waals surface area contributed by atoms with Crippen molar-refractivity contribution in [3.05, 3.63) is 59.2 Å². The molecule has 0 saturated carbocycles. The molecular weight excluding hydrogens is 332 g/mol. The number of nitrogens with zero attached hydrogens (tertiary/aromatic N) is 3. The van der Waals surface area contributed by atoms with Crippen molar-refractivity contribution in [1.82, 2.24) is 15.1 Å². The minimum absolute atomic E-state index is 0.0817. The van der Waals surface area contributed by atoms with E-state index in [4.69, 9.17) is 4.52 Å². The van der Waals surface area contributed by atoms with E-state index < -0.39 is 17.5 Å². The zero-order valence-electron chi connectivity index (χ0n) is 13.3. The highest BCUT2D eigenvalue weighted by Gasteiger charge is 2.13. The molecule has 0 aliphatic rings. The van der Waals surface area contributed by atoms with Crippen LogP contribution in [-0.4, -0.2) is 21.0 Å². The molecule has 25 heavy (non-hydrogen) atoms. The van der Waals surface area contributed by atoms with Crippen LogP contribution in [0.25, 0.3) is 0 Å². The molecule has 3 aromatic rings. The largest absolute Gasteiger partial charge is 0.360 e. The molecule has 0 unspecified atom stereocenters. The van der Waals surface area contributed by atoms with Crippen molar-refractivity contribution < 1.29 is 18.1 Å². The summed E-state index contributed by atoms with van der Waals surface area (Å²) in [6, 6.07) is 6.29. The van der Waals surface area contributed by atoms with Crippen molar-refractivity contribution in [2.75, 3.05) is 10.6 Å². The lowest BCUT2D eigenvalue weighted by Crippen LogP contribution is -2.15. The van der Waals surface area contributed by atoms with Gasteiger partial charge in [-0.3, -0.25) is 4.79 Å². The first kappa shape index (κ1) is 16.5. The van der Waals surface area contributed by atoms with Gasteiger partial charge in [-0.25, -0.2) is 18.7 Å². The topological polar surface area (TPSA) is 92.9 Å². The molecule has 1 aromatic carbocycles. The predicted octanol–water partition coefficient (Wildman–Crippen LogP) is 3.36. The van der Waals surface area contributed by atoms with Crippen LogP contribution in [0.2, 0.25) is 0 Å². The summed E-state index contributed by atoms with van der Waals surface area (Å²) in [6.07, 6.45) is 0. The Balaban J connectivity index is 1.82. The monoisotopic (exact) mass is 345 g/mol. The molecule has 0 spiro atoms. The average Bonchev–Trinajstić information content (AvgIpc) is 2.95. The Hall–Kier alpha value is -3.36. The summed E-state index contributed by atoms with van der Waals surface area (Å²) in [5.74, 6) is -1.05. The summed E-state index contributed by atoms with van der Waals surface area (Å²) in [7, 11) is 0. The number of aryl methyl sites for hydroxylation is 2. The molecule has 0 atom stereocenters. The maximum Gasteiger partial charge on any atom is 0.275 e. The summed E-state index contributed by atoms with van der Waals surface area (Å²) >= 11 is 0. The van der Waals surface area contributed by atoms with Gasteiger partial charge in [-0.1, -0.05) is 5.16 Å². The standard InChI is InChI=1S/C16H13F2N5O2/c1-8-5-15(23-25-8)22-16(24)13-7-14(20-9(2)19-13)21-10-3-4-11(17)12(18)6-10/h3-7H,1-2H3,(H,19,20,21)(H,22,23,24). The zero-order valence-corrected chi connectivity index (χ0v) is 13.3. The number of rotatable bonds is 4. The smallest absolute Gasteiger partial charge is 0.275 e. The highest BCUT2D eigenvalue weighted by Crippen LogP contribution is 2.19. The number of hydrogen-bond donors (Lipinski definition) is 2. The fourth-order valence-corrected chi connectivity index (χ4v) is 2.08. The molecule has 0 aliphatic carbocycles. The molecule has 9 heteroatoms. The van der Waals surface area contributed by atoms with Crippen molar-refractivity contribution in [3.63, 3.8) is 0 Å². The number of anilines is 3. The average molecular weight is 345 g/mol. The van der Waals surface area contributed by atoms with E-state index in [9.17, 15) is 13.6 Å². The Morgan fingerprint density at radius 2 is 1.84 bits per heavy atom. The van der Waals surface area contributed by atoms with E-state index in [1.54, 1.807) is 19.9 Å². The fourth-order valence-electron chi connectivity index (χ4n) is 2.08. The molecule has 0 aliphatic heterocycles. The van der Waals surface area contributed by atoms with Crippen LogP contribution in [0.4, 0.5) is 26.1 Å². The number of benzene rings is 1. The van der Waals surface area contributed by atoms with Crippen LogP contribution in [0.15, 0.2) is 34.9 Å². The highest BCUT2D eigenvalue weighted by atomic mass is 19.2. The molecule has 2 aromatic heterocycles. The van der Waals surface area contributed by atoms with Crippen LogP contribution < -0.4 is 10.6 Å². The van der Waals surface area contributed by atoms with Crippen molar-refractivity contribution >= 4 is 23.2 Å². The Morgan fingerprint density at radius 3 is 2.52 bits per heavy atom. The van der Waals surface area contributed by atoms with E-state index in [0.29, 0.717) is 11.6 Å².